The van der Waals surface area contributed by atoms with Crippen molar-refractivity contribution in [1.29, 1.82) is 0 Å². The van der Waals surface area contributed by atoms with E-state index in [1.807, 2.05) is 0 Å². The summed E-state index contributed by atoms with van der Waals surface area (Å²) in [6.07, 6.45) is 4.61. The molecule has 7 nitrogen and oxygen atoms in total. The smallest absolute Gasteiger partial charge is 0.281 e. The van der Waals surface area contributed by atoms with Crippen molar-refractivity contribution >= 4 is 23.9 Å². The molecule has 0 bridgehead atoms. The van der Waals surface area contributed by atoms with E-state index in [0.717, 1.165) is 5.56 Å². The first kappa shape index (κ1) is 20.6. The second kappa shape index (κ2) is 9.40. The van der Waals surface area contributed by atoms with Crippen LogP contribution in [0.1, 0.15) is 16.7 Å². The van der Waals surface area contributed by atoms with E-state index in [1.54, 1.807) is 84.9 Å². The lowest BCUT2D eigenvalue weighted by Crippen LogP contribution is -2.43. The lowest BCUT2D eigenvalue weighted by atomic mass is 9.85. The normalized spacial score (nSPS) is 11.6. The number of nitro benzene ring substituents is 1. The molecule has 0 saturated carbocycles. The fourth-order valence-corrected chi connectivity index (χ4v) is 2.87. The number of hydrazone groups is 1. The van der Waals surface area contributed by atoms with Gasteiger partial charge in [0.25, 0.3) is 11.6 Å². The molecule has 3 aromatic carbocycles. The van der Waals surface area contributed by atoms with Crippen LogP contribution in [0.5, 0.6) is 0 Å². The van der Waals surface area contributed by atoms with Crippen molar-refractivity contribution in [2.24, 2.45) is 5.10 Å². The van der Waals surface area contributed by atoms with Crippen LogP contribution in [0.3, 0.4) is 0 Å². The van der Waals surface area contributed by atoms with Gasteiger partial charge in [0.05, 0.1) is 4.92 Å². The first-order valence-corrected chi connectivity index (χ1v) is 9.10. The molecule has 3 aromatic rings. The minimum absolute atomic E-state index is 0.00851. The van der Waals surface area contributed by atoms with Gasteiger partial charge in [0, 0.05) is 18.3 Å². The molecule has 0 radical (unpaired) electrons. The van der Waals surface area contributed by atoms with Crippen molar-refractivity contribution in [2.45, 2.75) is 5.60 Å². The summed E-state index contributed by atoms with van der Waals surface area (Å²) in [5, 5.41) is 25.8. The zero-order valence-corrected chi connectivity index (χ0v) is 15.9. The van der Waals surface area contributed by atoms with Gasteiger partial charge in [0.1, 0.15) is 0 Å². The molecule has 1 amide bonds. The molecule has 0 atom stereocenters. The van der Waals surface area contributed by atoms with E-state index < -0.39 is 16.4 Å². The van der Waals surface area contributed by atoms with Crippen molar-refractivity contribution < 1.29 is 14.8 Å². The number of carbonyl (C=O) groups excluding carboxylic acids is 1. The Kier molecular flexibility index (Phi) is 6.46. The average molecular weight is 401 g/mol. The minimum atomic E-state index is -1.90. The standard InChI is InChI=1S/C23H19N3O4/c27-22(25-24-17-7-8-18-13-15-21(16-14-18)26(29)30)23(28,19-9-3-1-4-10-19)20-11-5-2-6-12-20/h1-17,28H,(H,25,27)/b8-7+,24-17+. The Morgan fingerprint density at radius 3 is 1.97 bits per heavy atom. The van der Waals surface area contributed by atoms with E-state index in [0.29, 0.717) is 11.1 Å². The van der Waals surface area contributed by atoms with Crippen molar-refractivity contribution in [2.75, 3.05) is 0 Å². The summed E-state index contributed by atoms with van der Waals surface area (Å²) in [4.78, 5) is 23.0. The van der Waals surface area contributed by atoms with Crippen LogP contribution < -0.4 is 5.43 Å². The molecule has 0 aliphatic heterocycles. The number of nitrogens with zero attached hydrogens (tertiary/aromatic N) is 2. The maximum Gasteiger partial charge on any atom is 0.281 e. The first-order chi connectivity index (χ1) is 14.5. The molecule has 0 aromatic heterocycles. The number of nitrogens with one attached hydrogen (secondary N) is 1. The lowest BCUT2D eigenvalue weighted by Gasteiger charge is -2.26. The zero-order chi connectivity index (χ0) is 21.4. The van der Waals surface area contributed by atoms with Crippen LogP contribution in [0.4, 0.5) is 5.69 Å². The Hall–Kier alpha value is -4.10. The highest BCUT2D eigenvalue weighted by molar-refractivity contribution is 5.91. The van der Waals surface area contributed by atoms with Crippen LogP contribution in [-0.4, -0.2) is 22.2 Å². The van der Waals surface area contributed by atoms with Gasteiger partial charge in [0.2, 0.25) is 0 Å². The Balaban J connectivity index is 1.73. The summed E-state index contributed by atoms with van der Waals surface area (Å²) in [5.74, 6) is -0.695. The molecule has 0 spiro atoms. The van der Waals surface area contributed by atoms with Crippen molar-refractivity contribution in [3.8, 4) is 0 Å². The monoisotopic (exact) mass is 401 g/mol. The summed E-state index contributed by atoms with van der Waals surface area (Å²) < 4.78 is 0. The molecule has 0 saturated heterocycles. The predicted octanol–water partition coefficient (Wildman–Crippen LogP) is 3.65. The van der Waals surface area contributed by atoms with Crippen LogP contribution in [0, 0.1) is 10.1 Å². The van der Waals surface area contributed by atoms with Gasteiger partial charge < -0.3 is 5.11 Å². The summed E-state index contributed by atoms with van der Waals surface area (Å²) in [6.45, 7) is 0. The van der Waals surface area contributed by atoms with Gasteiger partial charge in [-0.15, -0.1) is 0 Å². The Morgan fingerprint density at radius 1 is 0.933 bits per heavy atom. The number of hydrogen-bond donors (Lipinski definition) is 2. The summed E-state index contributed by atoms with van der Waals surface area (Å²) in [5.41, 5.74) is 2.06. The van der Waals surface area contributed by atoms with Crippen LogP contribution >= 0.6 is 0 Å². The zero-order valence-electron chi connectivity index (χ0n) is 15.9. The number of carbonyl (C=O) groups is 1. The molecule has 7 heteroatoms. The van der Waals surface area contributed by atoms with Gasteiger partial charge in [-0.1, -0.05) is 66.7 Å². The topological polar surface area (TPSA) is 105 Å². The Labute approximate surface area is 173 Å². The van der Waals surface area contributed by atoms with E-state index in [-0.39, 0.29) is 5.69 Å². The number of rotatable bonds is 7. The van der Waals surface area contributed by atoms with E-state index in [9.17, 15) is 20.0 Å². The maximum atomic E-state index is 12.8. The second-order valence-corrected chi connectivity index (χ2v) is 6.37. The number of allylic oxidation sites excluding steroid dienone is 1. The van der Waals surface area contributed by atoms with Crippen LogP contribution in [0.15, 0.2) is 96.1 Å². The maximum absolute atomic E-state index is 12.8. The van der Waals surface area contributed by atoms with Gasteiger partial charge >= 0.3 is 0 Å². The number of non-ortho nitro benzene ring substituents is 1. The van der Waals surface area contributed by atoms with Crippen molar-refractivity contribution in [3.05, 3.63) is 118 Å². The third-order valence-corrected chi connectivity index (χ3v) is 4.43. The molecule has 30 heavy (non-hydrogen) atoms. The van der Waals surface area contributed by atoms with E-state index >= 15 is 0 Å². The third kappa shape index (κ3) is 4.65. The number of aliphatic hydroxyl groups is 1. The van der Waals surface area contributed by atoms with E-state index in [1.165, 1.54) is 18.3 Å². The molecule has 0 aliphatic carbocycles. The van der Waals surface area contributed by atoms with E-state index in [2.05, 4.69) is 10.5 Å². The van der Waals surface area contributed by atoms with E-state index in [4.69, 9.17) is 0 Å². The lowest BCUT2D eigenvalue weighted by molar-refractivity contribution is -0.384. The van der Waals surface area contributed by atoms with Crippen LogP contribution in [0.25, 0.3) is 6.08 Å². The average Bonchev–Trinajstić information content (AvgIpc) is 2.79. The molecular weight excluding hydrogens is 382 g/mol. The highest BCUT2D eigenvalue weighted by atomic mass is 16.6. The quantitative estimate of drug-likeness (QED) is 0.358. The summed E-state index contributed by atoms with van der Waals surface area (Å²) in [7, 11) is 0. The predicted molar refractivity (Wildman–Crippen MR) is 115 cm³/mol. The van der Waals surface area contributed by atoms with Crippen LogP contribution in [0.2, 0.25) is 0 Å². The highest BCUT2D eigenvalue weighted by Gasteiger charge is 2.39. The molecule has 3 rings (SSSR count). The molecule has 2 N–H and O–H groups in total. The first-order valence-electron chi connectivity index (χ1n) is 9.10. The Bertz CT molecular complexity index is 1020. The number of benzene rings is 3. The SMILES string of the molecule is O=C(N/N=C/C=C/c1ccc([N+](=O)[O-])cc1)C(O)(c1ccccc1)c1ccccc1. The second-order valence-electron chi connectivity index (χ2n) is 6.37. The van der Waals surface area contributed by atoms with Gasteiger partial charge in [-0.05, 0) is 34.9 Å². The summed E-state index contributed by atoms with van der Waals surface area (Å²) in [6, 6.07) is 23.3. The third-order valence-electron chi connectivity index (χ3n) is 4.43. The van der Waals surface area contributed by atoms with Gasteiger partial charge in [-0.3, -0.25) is 14.9 Å². The van der Waals surface area contributed by atoms with Gasteiger partial charge in [0.15, 0.2) is 5.60 Å². The molecule has 150 valence electrons. The minimum Gasteiger partial charge on any atom is -0.372 e. The molecule has 0 aliphatic rings. The molecule has 0 fully saturated rings. The van der Waals surface area contributed by atoms with Crippen LogP contribution in [-0.2, 0) is 10.4 Å². The fraction of sp³-hybridized carbons (Fsp3) is 0.0435. The molecule has 0 unspecified atom stereocenters. The van der Waals surface area contributed by atoms with Crippen molar-refractivity contribution in [3.63, 3.8) is 0 Å². The van der Waals surface area contributed by atoms with Gasteiger partial charge in [-0.25, -0.2) is 5.43 Å². The number of amides is 1. The highest BCUT2D eigenvalue weighted by Crippen LogP contribution is 2.29. The summed E-state index contributed by atoms with van der Waals surface area (Å²) >= 11 is 0. The molecule has 0 heterocycles. The van der Waals surface area contributed by atoms with Gasteiger partial charge in [-0.2, -0.15) is 5.10 Å². The van der Waals surface area contributed by atoms with Crippen molar-refractivity contribution in [1.82, 2.24) is 5.43 Å². The number of nitro groups is 1. The fourth-order valence-electron chi connectivity index (χ4n) is 2.87. The Morgan fingerprint density at radius 2 is 1.47 bits per heavy atom. The molecular formula is C23H19N3O4. The number of hydrogen-bond acceptors (Lipinski definition) is 5. The largest absolute Gasteiger partial charge is 0.372 e.